The van der Waals surface area contributed by atoms with Crippen molar-refractivity contribution in [1.29, 1.82) is 0 Å². The van der Waals surface area contributed by atoms with E-state index >= 15 is 4.39 Å². The van der Waals surface area contributed by atoms with E-state index in [0.717, 1.165) is 0 Å². The Kier molecular flexibility index (Phi) is 5.45. The van der Waals surface area contributed by atoms with Gasteiger partial charge in [-0.25, -0.2) is 14.4 Å². The van der Waals surface area contributed by atoms with Crippen LogP contribution < -0.4 is 10.9 Å². The van der Waals surface area contributed by atoms with Crippen molar-refractivity contribution in [1.82, 2.24) is 19.4 Å². The highest BCUT2D eigenvalue weighted by molar-refractivity contribution is 6.42. The second kappa shape index (κ2) is 7.94. The fourth-order valence-corrected chi connectivity index (χ4v) is 4.35. The van der Waals surface area contributed by atoms with Crippen molar-refractivity contribution in [3.05, 3.63) is 75.0 Å². The lowest BCUT2D eigenvalue weighted by atomic mass is 9.88. The Labute approximate surface area is 187 Å². The third-order valence-electron chi connectivity index (χ3n) is 5.41. The zero-order valence-electron chi connectivity index (χ0n) is 16.5. The normalized spacial score (nSPS) is 18.4. The molecule has 1 atom stereocenters. The Hall–Kier alpha value is -2.97. The molecule has 0 unspecified atom stereocenters. The Morgan fingerprint density at radius 2 is 2.10 bits per heavy atom. The van der Waals surface area contributed by atoms with Gasteiger partial charge in [0.15, 0.2) is 5.52 Å². The highest BCUT2D eigenvalue weighted by Gasteiger charge is 2.44. The van der Waals surface area contributed by atoms with E-state index in [4.69, 9.17) is 23.2 Å². The van der Waals surface area contributed by atoms with E-state index in [9.17, 15) is 9.59 Å². The van der Waals surface area contributed by atoms with Crippen molar-refractivity contribution in [2.45, 2.75) is 12.0 Å². The average molecular weight is 462 g/mol. The van der Waals surface area contributed by atoms with Crippen LogP contribution in [0.4, 0.5) is 10.2 Å². The van der Waals surface area contributed by atoms with Gasteiger partial charge in [0.2, 0.25) is 5.91 Å². The van der Waals surface area contributed by atoms with E-state index in [2.05, 4.69) is 21.9 Å². The summed E-state index contributed by atoms with van der Waals surface area (Å²) in [6.07, 6.45) is 2.96. The Bertz CT molecular complexity index is 1280. The van der Waals surface area contributed by atoms with E-state index in [1.807, 2.05) is 0 Å². The number of hydrogen-bond acceptors (Lipinski definition) is 5. The molecule has 7 nitrogen and oxygen atoms in total. The number of aromatic nitrogens is 3. The van der Waals surface area contributed by atoms with Crippen LogP contribution in [0.3, 0.4) is 0 Å². The first-order valence-corrected chi connectivity index (χ1v) is 10.2. The van der Waals surface area contributed by atoms with Gasteiger partial charge >= 0.3 is 0 Å². The van der Waals surface area contributed by atoms with Gasteiger partial charge in [0.05, 0.1) is 27.4 Å². The maximum absolute atomic E-state index is 15.0. The van der Waals surface area contributed by atoms with Gasteiger partial charge in [0, 0.05) is 25.7 Å². The summed E-state index contributed by atoms with van der Waals surface area (Å²) >= 11 is 12.6. The average Bonchev–Trinajstić information content (AvgIpc) is 3.18. The molecule has 3 aromatic rings. The summed E-state index contributed by atoms with van der Waals surface area (Å²) in [4.78, 5) is 34.8. The summed E-state index contributed by atoms with van der Waals surface area (Å²) in [5.74, 6) is -0.527. The Balaban J connectivity index is 1.85. The summed E-state index contributed by atoms with van der Waals surface area (Å²) in [5, 5.41) is 3.48. The quantitative estimate of drug-likeness (QED) is 0.474. The lowest BCUT2D eigenvalue weighted by Crippen LogP contribution is -2.41. The SMILES string of the molecule is C=CC(=O)N1CC[C@@](Nc2ccc3ncn(C)c(=O)c3n2)(c2c(F)ccc(Cl)c2Cl)C1. The third kappa shape index (κ3) is 3.66. The van der Waals surface area contributed by atoms with Crippen molar-refractivity contribution >= 4 is 46.0 Å². The van der Waals surface area contributed by atoms with Gasteiger partial charge in [0.25, 0.3) is 5.56 Å². The number of aryl methyl sites for hydroxylation is 1. The molecular formula is C21H18Cl2FN5O2. The standard InChI is InChI=1S/C21H18Cl2FN5O2/c1-3-16(30)29-9-8-21(10-29,17-13(24)5-4-12(22)18(17)23)27-15-7-6-14-19(26-15)20(31)28(2)11-25-14/h3-7,11H,1,8-10H2,2H3,(H,26,27)/t21-/m0/s1. The van der Waals surface area contributed by atoms with Gasteiger partial charge in [0.1, 0.15) is 11.6 Å². The van der Waals surface area contributed by atoms with Crippen molar-refractivity contribution < 1.29 is 9.18 Å². The lowest BCUT2D eigenvalue weighted by molar-refractivity contribution is -0.125. The highest BCUT2D eigenvalue weighted by Crippen LogP contribution is 2.42. The fraction of sp³-hybridized carbons (Fsp3) is 0.238. The van der Waals surface area contributed by atoms with Crippen LogP contribution in [0.15, 0.2) is 48.0 Å². The number of halogens is 3. The van der Waals surface area contributed by atoms with Gasteiger partial charge in [-0.1, -0.05) is 29.8 Å². The molecule has 0 radical (unpaired) electrons. The third-order valence-corrected chi connectivity index (χ3v) is 6.22. The van der Waals surface area contributed by atoms with Crippen LogP contribution in [0.5, 0.6) is 0 Å². The van der Waals surface area contributed by atoms with E-state index < -0.39 is 11.4 Å². The van der Waals surface area contributed by atoms with Crippen LogP contribution in [0.25, 0.3) is 11.0 Å². The lowest BCUT2D eigenvalue weighted by Gasteiger charge is -2.33. The molecule has 4 rings (SSSR count). The zero-order chi connectivity index (χ0) is 22.3. The summed E-state index contributed by atoms with van der Waals surface area (Å²) in [6.45, 7) is 3.98. The number of pyridine rings is 1. The minimum absolute atomic E-state index is 0.0560. The number of amides is 1. The molecule has 0 spiro atoms. The molecule has 0 bridgehead atoms. The van der Waals surface area contributed by atoms with Gasteiger partial charge < -0.3 is 14.8 Å². The number of rotatable bonds is 4. The van der Waals surface area contributed by atoms with Crippen molar-refractivity contribution in [2.24, 2.45) is 7.05 Å². The van der Waals surface area contributed by atoms with Gasteiger partial charge in [-0.2, -0.15) is 0 Å². The molecule has 1 fully saturated rings. The number of nitrogens with zero attached hydrogens (tertiary/aromatic N) is 4. The summed E-state index contributed by atoms with van der Waals surface area (Å²) in [6, 6.07) is 5.91. The Morgan fingerprint density at radius 3 is 2.84 bits per heavy atom. The zero-order valence-corrected chi connectivity index (χ0v) is 18.0. The highest BCUT2D eigenvalue weighted by atomic mass is 35.5. The number of likely N-dealkylation sites (tertiary alicyclic amines) is 1. The van der Waals surface area contributed by atoms with Gasteiger partial charge in [-0.05, 0) is 36.8 Å². The molecule has 160 valence electrons. The molecule has 0 aliphatic carbocycles. The predicted octanol–water partition coefficient (Wildman–Crippen LogP) is 3.50. The minimum atomic E-state index is -1.11. The molecule has 1 saturated heterocycles. The van der Waals surface area contributed by atoms with Crippen LogP contribution >= 0.6 is 23.2 Å². The monoisotopic (exact) mass is 461 g/mol. The van der Waals surface area contributed by atoms with Crippen LogP contribution in [0.2, 0.25) is 10.0 Å². The largest absolute Gasteiger partial charge is 0.358 e. The second-order valence-corrected chi connectivity index (χ2v) is 8.15. The maximum atomic E-state index is 15.0. The molecule has 3 heterocycles. The van der Waals surface area contributed by atoms with Crippen LogP contribution in [-0.4, -0.2) is 38.4 Å². The number of carbonyl (C=O) groups excluding carboxylic acids is 1. The first-order valence-electron chi connectivity index (χ1n) is 9.41. The maximum Gasteiger partial charge on any atom is 0.279 e. The topological polar surface area (TPSA) is 80.1 Å². The molecule has 10 heteroatoms. The number of benzene rings is 1. The van der Waals surface area contributed by atoms with E-state index in [0.29, 0.717) is 24.3 Å². The number of carbonyl (C=O) groups is 1. The molecule has 1 N–H and O–H groups in total. The van der Waals surface area contributed by atoms with Gasteiger partial charge in [-0.3, -0.25) is 9.59 Å². The second-order valence-electron chi connectivity index (χ2n) is 7.36. The van der Waals surface area contributed by atoms with Crippen molar-refractivity contribution in [2.75, 3.05) is 18.4 Å². The van der Waals surface area contributed by atoms with Crippen molar-refractivity contribution in [3.63, 3.8) is 0 Å². The minimum Gasteiger partial charge on any atom is -0.358 e. The Morgan fingerprint density at radius 1 is 1.32 bits per heavy atom. The molecule has 1 amide bonds. The van der Waals surface area contributed by atoms with E-state index in [1.165, 1.54) is 34.0 Å². The van der Waals surface area contributed by atoms with Crippen LogP contribution in [0, 0.1) is 5.82 Å². The van der Waals surface area contributed by atoms with Crippen LogP contribution in [0.1, 0.15) is 12.0 Å². The fourth-order valence-electron chi connectivity index (χ4n) is 3.86. The predicted molar refractivity (Wildman–Crippen MR) is 118 cm³/mol. The van der Waals surface area contributed by atoms with Crippen molar-refractivity contribution in [3.8, 4) is 0 Å². The number of fused-ring (bicyclic) bond motifs is 1. The molecule has 2 aromatic heterocycles. The molecular weight excluding hydrogens is 444 g/mol. The molecule has 31 heavy (non-hydrogen) atoms. The number of nitrogens with one attached hydrogen (secondary N) is 1. The van der Waals surface area contributed by atoms with Crippen LogP contribution in [-0.2, 0) is 17.4 Å². The molecule has 1 aliphatic heterocycles. The summed E-state index contributed by atoms with van der Waals surface area (Å²) in [5.41, 5.74) is -0.685. The molecule has 0 saturated carbocycles. The first-order chi connectivity index (χ1) is 14.8. The molecule has 1 aromatic carbocycles. The van der Waals surface area contributed by atoms with Gasteiger partial charge in [-0.15, -0.1) is 0 Å². The first kappa shape index (κ1) is 21.3. The summed E-state index contributed by atoms with van der Waals surface area (Å²) in [7, 11) is 1.58. The molecule has 1 aliphatic rings. The smallest absolute Gasteiger partial charge is 0.279 e. The number of hydrogen-bond donors (Lipinski definition) is 1. The van der Waals surface area contributed by atoms with E-state index in [-0.39, 0.29) is 39.1 Å². The summed E-state index contributed by atoms with van der Waals surface area (Å²) < 4.78 is 16.3. The number of anilines is 1. The van der Waals surface area contributed by atoms with E-state index in [1.54, 1.807) is 19.2 Å².